The molecule has 0 radical (unpaired) electrons. The summed E-state index contributed by atoms with van der Waals surface area (Å²) in [6.07, 6.45) is 2.84. The molecule has 2 amide bonds. The fourth-order valence-electron chi connectivity index (χ4n) is 3.69. The third-order valence-electron chi connectivity index (χ3n) is 5.18. The Morgan fingerprint density at radius 1 is 0.633 bits per heavy atom. The van der Waals surface area contributed by atoms with E-state index in [0.717, 1.165) is 12.8 Å². The zero-order chi connectivity index (χ0) is 21.7. The van der Waals surface area contributed by atoms with Crippen LogP contribution in [0.15, 0.2) is 48.5 Å². The number of rotatable bonds is 6. The molecule has 8 heteroatoms. The smallest absolute Gasteiger partial charge is 0.252 e. The largest absolute Gasteiger partial charge is 0.545 e. The van der Waals surface area contributed by atoms with Crippen molar-refractivity contribution in [3.63, 3.8) is 0 Å². The molecular formula is C22H20N2O6-2. The summed E-state index contributed by atoms with van der Waals surface area (Å²) >= 11 is 0. The summed E-state index contributed by atoms with van der Waals surface area (Å²) in [5, 5.41) is 28.1. The number of carboxylic acid groups (broad SMARTS) is 2. The maximum atomic E-state index is 12.7. The monoisotopic (exact) mass is 408 g/mol. The summed E-state index contributed by atoms with van der Waals surface area (Å²) in [5.74, 6) is -4.05. The fraction of sp³-hybridized carbons (Fsp3) is 0.273. The van der Waals surface area contributed by atoms with E-state index in [1.165, 1.54) is 36.4 Å². The van der Waals surface area contributed by atoms with E-state index in [1.807, 2.05) is 0 Å². The Morgan fingerprint density at radius 2 is 0.967 bits per heavy atom. The molecule has 2 atom stereocenters. The topological polar surface area (TPSA) is 138 Å². The number of hydrogen-bond acceptors (Lipinski definition) is 6. The van der Waals surface area contributed by atoms with Crippen LogP contribution < -0.4 is 20.8 Å². The van der Waals surface area contributed by atoms with Gasteiger partial charge in [-0.1, -0.05) is 49.2 Å². The Bertz CT molecular complexity index is 908. The molecule has 156 valence electrons. The maximum absolute atomic E-state index is 12.7. The van der Waals surface area contributed by atoms with Crippen LogP contribution in [0.3, 0.4) is 0 Å². The Kier molecular flexibility index (Phi) is 6.46. The van der Waals surface area contributed by atoms with Crippen LogP contribution >= 0.6 is 0 Å². The minimum atomic E-state index is -1.45. The summed E-state index contributed by atoms with van der Waals surface area (Å²) in [7, 11) is 0. The van der Waals surface area contributed by atoms with Crippen molar-refractivity contribution >= 4 is 23.8 Å². The van der Waals surface area contributed by atoms with Gasteiger partial charge >= 0.3 is 0 Å². The molecule has 0 heterocycles. The van der Waals surface area contributed by atoms with E-state index < -0.39 is 35.8 Å². The molecule has 0 unspecified atom stereocenters. The molecule has 1 fully saturated rings. The molecular weight excluding hydrogens is 388 g/mol. The SMILES string of the molecule is O=C([O-])c1ccccc1C(=O)N[C@H]1CCCC[C@@H]1NC(=O)c1ccccc1C(=O)[O-]. The maximum Gasteiger partial charge on any atom is 0.252 e. The van der Waals surface area contributed by atoms with E-state index in [-0.39, 0.29) is 22.3 Å². The summed E-state index contributed by atoms with van der Waals surface area (Å²) in [4.78, 5) is 47.9. The lowest BCUT2D eigenvalue weighted by Gasteiger charge is -2.33. The molecule has 2 aromatic rings. The molecule has 8 nitrogen and oxygen atoms in total. The minimum Gasteiger partial charge on any atom is -0.545 e. The normalized spacial score (nSPS) is 18.3. The van der Waals surface area contributed by atoms with Gasteiger partial charge in [-0.2, -0.15) is 0 Å². The first kappa shape index (κ1) is 21.0. The van der Waals surface area contributed by atoms with Crippen molar-refractivity contribution in [2.24, 2.45) is 0 Å². The van der Waals surface area contributed by atoms with Crippen molar-refractivity contribution in [3.05, 3.63) is 70.8 Å². The molecule has 1 aliphatic carbocycles. The van der Waals surface area contributed by atoms with Gasteiger partial charge in [0.15, 0.2) is 0 Å². The predicted octanol–water partition coefficient (Wildman–Crippen LogP) is -0.115. The van der Waals surface area contributed by atoms with Gasteiger partial charge in [-0.3, -0.25) is 9.59 Å². The van der Waals surface area contributed by atoms with Crippen LogP contribution in [0, 0.1) is 0 Å². The second-order valence-electron chi connectivity index (χ2n) is 7.11. The number of amides is 2. The quantitative estimate of drug-likeness (QED) is 0.684. The first-order chi connectivity index (χ1) is 14.4. The Hall–Kier alpha value is -3.68. The lowest BCUT2D eigenvalue weighted by atomic mass is 9.89. The number of benzene rings is 2. The first-order valence-electron chi connectivity index (χ1n) is 9.61. The second kappa shape index (κ2) is 9.21. The van der Waals surface area contributed by atoms with Crippen molar-refractivity contribution in [3.8, 4) is 0 Å². The molecule has 1 saturated carbocycles. The van der Waals surface area contributed by atoms with E-state index in [4.69, 9.17) is 0 Å². The summed E-state index contributed by atoms with van der Waals surface area (Å²) < 4.78 is 0. The van der Waals surface area contributed by atoms with Crippen LogP contribution in [0.5, 0.6) is 0 Å². The third-order valence-corrected chi connectivity index (χ3v) is 5.18. The van der Waals surface area contributed by atoms with Crippen LogP contribution in [0.1, 0.15) is 67.1 Å². The highest BCUT2D eigenvalue weighted by Gasteiger charge is 2.29. The number of nitrogens with one attached hydrogen (secondary N) is 2. The van der Waals surface area contributed by atoms with Gasteiger partial charge in [-0.25, -0.2) is 0 Å². The van der Waals surface area contributed by atoms with E-state index in [1.54, 1.807) is 12.1 Å². The number of hydrogen-bond donors (Lipinski definition) is 2. The molecule has 0 bridgehead atoms. The minimum absolute atomic E-state index is 0.0181. The molecule has 2 aromatic carbocycles. The highest BCUT2D eigenvalue weighted by Crippen LogP contribution is 2.21. The van der Waals surface area contributed by atoms with Gasteiger partial charge in [0, 0.05) is 34.3 Å². The molecule has 0 saturated heterocycles. The van der Waals surface area contributed by atoms with Crippen molar-refractivity contribution in [1.82, 2.24) is 10.6 Å². The van der Waals surface area contributed by atoms with Crippen LogP contribution in [-0.2, 0) is 0 Å². The zero-order valence-electron chi connectivity index (χ0n) is 16.1. The number of carbonyl (C=O) groups is 4. The average Bonchev–Trinajstić information content (AvgIpc) is 2.75. The second-order valence-corrected chi connectivity index (χ2v) is 7.11. The molecule has 30 heavy (non-hydrogen) atoms. The summed E-state index contributed by atoms with van der Waals surface area (Å²) in [5.41, 5.74) is -0.463. The van der Waals surface area contributed by atoms with E-state index in [9.17, 15) is 29.4 Å². The van der Waals surface area contributed by atoms with E-state index in [0.29, 0.717) is 12.8 Å². The molecule has 0 aliphatic heterocycles. The fourth-order valence-corrected chi connectivity index (χ4v) is 3.69. The van der Waals surface area contributed by atoms with E-state index >= 15 is 0 Å². The van der Waals surface area contributed by atoms with Crippen molar-refractivity contribution in [1.29, 1.82) is 0 Å². The molecule has 0 spiro atoms. The molecule has 3 rings (SSSR count). The van der Waals surface area contributed by atoms with Crippen LogP contribution in [0.4, 0.5) is 0 Å². The Labute approximate surface area is 172 Å². The molecule has 2 N–H and O–H groups in total. The zero-order valence-corrected chi connectivity index (χ0v) is 16.1. The lowest BCUT2D eigenvalue weighted by molar-refractivity contribution is -0.256. The summed E-state index contributed by atoms with van der Waals surface area (Å²) in [6.45, 7) is 0. The highest BCUT2D eigenvalue weighted by molar-refractivity contribution is 6.05. The van der Waals surface area contributed by atoms with Gasteiger partial charge in [0.25, 0.3) is 11.8 Å². The number of aromatic carboxylic acids is 2. The predicted molar refractivity (Wildman–Crippen MR) is 103 cm³/mol. The Balaban J connectivity index is 1.76. The molecule has 0 aromatic heterocycles. The third kappa shape index (κ3) is 4.65. The van der Waals surface area contributed by atoms with E-state index in [2.05, 4.69) is 10.6 Å². The van der Waals surface area contributed by atoms with Gasteiger partial charge in [0.05, 0.1) is 11.9 Å². The lowest BCUT2D eigenvalue weighted by Crippen LogP contribution is -2.53. The van der Waals surface area contributed by atoms with Crippen LogP contribution in [0.2, 0.25) is 0 Å². The summed E-state index contributed by atoms with van der Waals surface area (Å²) in [6, 6.07) is 10.6. The average molecular weight is 408 g/mol. The highest BCUT2D eigenvalue weighted by atomic mass is 16.4. The van der Waals surface area contributed by atoms with Crippen molar-refractivity contribution < 1.29 is 29.4 Å². The first-order valence-corrected chi connectivity index (χ1v) is 9.61. The number of carboxylic acids is 2. The van der Waals surface area contributed by atoms with Gasteiger partial charge in [0.2, 0.25) is 0 Å². The number of carbonyl (C=O) groups excluding carboxylic acids is 4. The standard InChI is InChI=1S/C22H22N2O6/c25-19(13-7-1-3-9-15(13)21(27)28)23-17-11-5-6-12-18(17)24-20(26)14-8-2-4-10-16(14)22(29)30/h1-4,7-10,17-18H,5-6,11-12H2,(H,23,25)(H,24,26)(H,27,28)(H,29,30)/p-2/t17-,18-/m0/s1. The van der Waals surface area contributed by atoms with Gasteiger partial charge < -0.3 is 30.4 Å². The van der Waals surface area contributed by atoms with Crippen molar-refractivity contribution in [2.45, 2.75) is 37.8 Å². The van der Waals surface area contributed by atoms with Crippen molar-refractivity contribution in [2.75, 3.05) is 0 Å². The van der Waals surface area contributed by atoms with Gasteiger partial charge in [-0.05, 0) is 25.0 Å². The van der Waals surface area contributed by atoms with Crippen LogP contribution in [-0.4, -0.2) is 35.8 Å². The Morgan fingerprint density at radius 3 is 1.30 bits per heavy atom. The van der Waals surface area contributed by atoms with Gasteiger partial charge in [0.1, 0.15) is 0 Å². The van der Waals surface area contributed by atoms with Gasteiger partial charge in [-0.15, -0.1) is 0 Å². The van der Waals surface area contributed by atoms with Crippen LogP contribution in [0.25, 0.3) is 0 Å². The molecule has 1 aliphatic rings.